The van der Waals surface area contributed by atoms with Crippen LogP contribution in [0.4, 0.5) is 4.79 Å². The lowest BCUT2D eigenvalue weighted by Crippen LogP contribution is -2.50. The number of ether oxygens (including phenoxy) is 1. The molecule has 0 spiro atoms. The molecule has 0 atom stereocenters. The lowest BCUT2D eigenvalue weighted by Gasteiger charge is -2.28. The summed E-state index contributed by atoms with van der Waals surface area (Å²) < 4.78 is 6.47. The molecule has 0 fully saturated rings. The number of esters is 1. The fourth-order valence-electron chi connectivity index (χ4n) is 2.95. The van der Waals surface area contributed by atoms with Gasteiger partial charge in [0.15, 0.2) is 5.78 Å². The summed E-state index contributed by atoms with van der Waals surface area (Å²) in [6.07, 6.45) is 0.741. The summed E-state index contributed by atoms with van der Waals surface area (Å²) in [6, 6.07) is -0.271. The molecule has 1 aromatic rings. The second kappa shape index (κ2) is 8.38. The van der Waals surface area contributed by atoms with Crippen molar-refractivity contribution in [2.24, 2.45) is 7.05 Å². The van der Waals surface area contributed by atoms with Gasteiger partial charge in [-0.25, -0.2) is 9.59 Å². The van der Waals surface area contributed by atoms with E-state index >= 15 is 0 Å². The van der Waals surface area contributed by atoms with Gasteiger partial charge in [-0.05, 0) is 46.6 Å². The molecule has 0 aliphatic heterocycles. The first-order chi connectivity index (χ1) is 11.9. The Morgan fingerprint density at radius 3 is 2.23 bits per heavy atom. The lowest BCUT2D eigenvalue weighted by atomic mass is 10.0. The number of carbonyl (C=O) groups is 3. The van der Waals surface area contributed by atoms with Crippen molar-refractivity contribution < 1.29 is 19.1 Å². The number of hydrogen-bond acceptors (Lipinski definition) is 4. The molecule has 1 aromatic heterocycles. The van der Waals surface area contributed by atoms with Gasteiger partial charge in [-0.3, -0.25) is 4.79 Å². The van der Waals surface area contributed by atoms with Gasteiger partial charge in [-0.2, -0.15) is 0 Å². The highest BCUT2D eigenvalue weighted by Crippen LogP contribution is 2.23. The first-order valence-electron chi connectivity index (χ1n) is 8.79. The van der Waals surface area contributed by atoms with E-state index < -0.39 is 5.97 Å². The lowest BCUT2D eigenvalue weighted by molar-refractivity contribution is 0.0588. The molecule has 2 amide bonds. The molecule has 0 saturated heterocycles. The van der Waals surface area contributed by atoms with E-state index in [2.05, 4.69) is 5.32 Å². The Bertz CT molecular complexity index is 699. The number of methoxy groups -OCH3 is 1. The van der Waals surface area contributed by atoms with E-state index in [9.17, 15) is 14.4 Å². The number of aromatic nitrogens is 1. The summed E-state index contributed by atoms with van der Waals surface area (Å²) >= 11 is 0. The Morgan fingerprint density at radius 2 is 1.77 bits per heavy atom. The van der Waals surface area contributed by atoms with E-state index in [0.29, 0.717) is 29.1 Å². The zero-order chi connectivity index (χ0) is 20.2. The maximum atomic E-state index is 12.9. The summed E-state index contributed by atoms with van der Waals surface area (Å²) in [5.41, 5.74) is 1.70. The van der Waals surface area contributed by atoms with Crippen molar-refractivity contribution in [1.29, 1.82) is 0 Å². The molecule has 0 saturated carbocycles. The third-order valence-corrected chi connectivity index (χ3v) is 4.19. The Morgan fingerprint density at radius 1 is 1.19 bits per heavy atom. The van der Waals surface area contributed by atoms with E-state index in [-0.39, 0.29) is 23.9 Å². The predicted molar refractivity (Wildman–Crippen MR) is 101 cm³/mol. The molecular formula is C19H31N3O4. The maximum Gasteiger partial charge on any atom is 0.354 e. The van der Waals surface area contributed by atoms with Crippen LogP contribution in [-0.2, 0) is 11.8 Å². The van der Waals surface area contributed by atoms with Crippen LogP contribution in [0.1, 0.15) is 66.2 Å². The fraction of sp³-hybridized carbons (Fsp3) is 0.632. The minimum atomic E-state index is -0.483. The van der Waals surface area contributed by atoms with Crippen molar-refractivity contribution in [2.75, 3.05) is 20.2 Å². The number of urea groups is 1. The van der Waals surface area contributed by atoms with Gasteiger partial charge in [0.2, 0.25) is 0 Å². The van der Waals surface area contributed by atoms with Crippen LogP contribution in [0.3, 0.4) is 0 Å². The highest BCUT2D eigenvalue weighted by molar-refractivity contribution is 6.04. The van der Waals surface area contributed by atoms with E-state index in [1.54, 1.807) is 25.5 Å². The molecule has 0 aliphatic rings. The normalized spacial score (nSPS) is 11.2. The van der Waals surface area contributed by atoms with Crippen LogP contribution >= 0.6 is 0 Å². The number of ketones is 1. The van der Waals surface area contributed by atoms with Gasteiger partial charge in [0.05, 0.1) is 13.7 Å². The van der Waals surface area contributed by atoms with Crippen LogP contribution in [0.2, 0.25) is 0 Å². The van der Waals surface area contributed by atoms with E-state index in [1.165, 1.54) is 12.0 Å². The van der Waals surface area contributed by atoms with E-state index in [0.717, 1.165) is 6.42 Å². The summed E-state index contributed by atoms with van der Waals surface area (Å²) in [4.78, 5) is 38.9. The van der Waals surface area contributed by atoms with Gasteiger partial charge < -0.3 is 19.5 Å². The number of nitrogens with zero attached hydrogens (tertiary/aromatic N) is 2. The molecule has 1 rings (SSSR count). The zero-order valence-electron chi connectivity index (χ0n) is 17.1. The maximum absolute atomic E-state index is 12.9. The number of amides is 2. The van der Waals surface area contributed by atoms with Gasteiger partial charge in [-0.1, -0.05) is 6.92 Å². The number of rotatable bonds is 6. The Balaban J connectivity index is 3.15. The molecule has 0 radical (unpaired) electrons. The Kier molecular flexibility index (Phi) is 7.00. The standard InChI is InChI=1S/C19H31N3O4/c1-9-10-22(18(25)20-19(4,5)6)11-14(23)15-12(2)16(17(24)26-8)21(7)13(15)3/h9-11H2,1-8H3,(H,20,25). The molecule has 146 valence electrons. The minimum Gasteiger partial charge on any atom is -0.464 e. The Hall–Kier alpha value is -2.31. The molecule has 0 bridgehead atoms. The molecule has 1 heterocycles. The van der Waals surface area contributed by atoms with Crippen molar-refractivity contribution in [3.8, 4) is 0 Å². The number of carbonyl (C=O) groups excluding carboxylic acids is 3. The van der Waals surface area contributed by atoms with Crippen molar-refractivity contribution in [3.63, 3.8) is 0 Å². The van der Waals surface area contributed by atoms with Crippen LogP contribution in [0, 0.1) is 13.8 Å². The van der Waals surface area contributed by atoms with Crippen molar-refractivity contribution >= 4 is 17.8 Å². The molecule has 7 nitrogen and oxygen atoms in total. The van der Waals surface area contributed by atoms with Crippen LogP contribution < -0.4 is 5.32 Å². The largest absolute Gasteiger partial charge is 0.464 e. The molecule has 0 aromatic carbocycles. The van der Waals surface area contributed by atoms with Gasteiger partial charge in [0.25, 0.3) is 0 Å². The zero-order valence-corrected chi connectivity index (χ0v) is 17.1. The smallest absolute Gasteiger partial charge is 0.354 e. The average Bonchev–Trinajstić information content (AvgIpc) is 2.74. The quantitative estimate of drug-likeness (QED) is 0.621. The third kappa shape index (κ3) is 4.86. The predicted octanol–water partition coefficient (Wildman–Crippen LogP) is 2.83. The number of hydrogen-bond donors (Lipinski definition) is 1. The topological polar surface area (TPSA) is 80.6 Å². The molecule has 0 aliphatic carbocycles. The summed E-state index contributed by atoms with van der Waals surface area (Å²) in [6.45, 7) is 11.6. The average molecular weight is 365 g/mol. The van der Waals surface area contributed by atoms with Crippen LogP contribution in [0.25, 0.3) is 0 Å². The number of nitrogens with one attached hydrogen (secondary N) is 1. The SMILES string of the molecule is CCCN(CC(=O)c1c(C)c(C(=O)OC)n(C)c1C)C(=O)NC(C)(C)C. The van der Waals surface area contributed by atoms with Crippen LogP contribution in [0.5, 0.6) is 0 Å². The second-order valence-corrected chi connectivity index (χ2v) is 7.51. The van der Waals surface area contributed by atoms with Crippen molar-refractivity contribution in [1.82, 2.24) is 14.8 Å². The van der Waals surface area contributed by atoms with Crippen LogP contribution in [0.15, 0.2) is 0 Å². The van der Waals surface area contributed by atoms with E-state index in [4.69, 9.17) is 4.74 Å². The van der Waals surface area contributed by atoms with E-state index in [1.807, 2.05) is 27.7 Å². The molecule has 1 N–H and O–H groups in total. The molecule has 26 heavy (non-hydrogen) atoms. The molecular weight excluding hydrogens is 334 g/mol. The van der Waals surface area contributed by atoms with Gasteiger partial charge in [0, 0.05) is 30.4 Å². The Labute approximate surface area is 155 Å². The third-order valence-electron chi connectivity index (χ3n) is 4.19. The highest BCUT2D eigenvalue weighted by atomic mass is 16.5. The monoisotopic (exact) mass is 365 g/mol. The minimum absolute atomic E-state index is 0.0396. The first kappa shape index (κ1) is 21.7. The van der Waals surface area contributed by atoms with Gasteiger partial charge in [-0.15, -0.1) is 0 Å². The fourth-order valence-corrected chi connectivity index (χ4v) is 2.95. The van der Waals surface area contributed by atoms with Crippen LogP contribution in [-0.4, -0.2) is 53.0 Å². The summed E-state index contributed by atoms with van der Waals surface area (Å²) in [5.74, 6) is -0.675. The summed E-state index contributed by atoms with van der Waals surface area (Å²) in [5, 5.41) is 2.89. The first-order valence-corrected chi connectivity index (χ1v) is 8.79. The van der Waals surface area contributed by atoms with Gasteiger partial charge in [0.1, 0.15) is 5.69 Å². The second-order valence-electron chi connectivity index (χ2n) is 7.51. The summed E-state index contributed by atoms with van der Waals surface area (Å²) in [7, 11) is 3.03. The molecule has 7 heteroatoms. The van der Waals surface area contributed by atoms with Crippen molar-refractivity contribution in [3.05, 3.63) is 22.5 Å². The van der Waals surface area contributed by atoms with Crippen molar-refractivity contribution in [2.45, 2.75) is 53.5 Å². The highest BCUT2D eigenvalue weighted by Gasteiger charge is 2.28. The molecule has 0 unspecified atom stereocenters. The van der Waals surface area contributed by atoms with Gasteiger partial charge >= 0.3 is 12.0 Å². The number of Topliss-reactive ketones (excluding diaryl/α,β-unsaturated/α-hetero) is 1.